The lowest BCUT2D eigenvalue weighted by atomic mass is 9.46. The number of methoxy groups -OCH3 is 1. The van der Waals surface area contributed by atoms with E-state index in [4.69, 9.17) is 9.57 Å². The summed E-state index contributed by atoms with van der Waals surface area (Å²) in [5.74, 6) is 0.325. The monoisotopic (exact) mass is 554 g/mol. The number of hydrogen-bond donors (Lipinski definition) is 3. The number of aromatic amines is 1. The molecule has 1 aromatic heterocycles. The number of aliphatic hydroxyl groups is 1. The zero-order valence-electron chi connectivity index (χ0n) is 24.0. The second kappa shape index (κ2) is 10.8. The normalized spacial score (nSPS) is 36.5. The molecule has 10 nitrogen and oxygen atoms in total. The van der Waals surface area contributed by atoms with Gasteiger partial charge in [0.2, 0.25) is 0 Å². The number of fused-ring (bicyclic) bond motifs is 5. The molecule has 40 heavy (non-hydrogen) atoms. The summed E-state index contributed by atoms with van der Waals surface area (Å²) in [4.78, 5) is 49.4. The lowest BCUT2D eigenvalue weighted by Crippen LogP contribution is -2.57. The number of imidazole rings is 1. The summed E-state index contributed by atoms with van der Waals surface area (Å²) in [7, 11) is 1.28. The highest BCUT2D eigenvalue weighted by molar-refractivity contribution is 5.96. The Hall–Kier alpha value is -3.01. The van der Waals surface area contributed by atoms with Crippen molar-refractivity contribution in [2.75, 3.05) is 13.7 Å². The molecular formula is C30H42N4O6. The first-order valence-corrected chi connectivity index (χ1v) is 14.5. The van der Waals surface area contributed by atoms with E-state index in [1.54, 1.807) is 13.1 Å². The summed E-state index contributed by atoms with van der Waals surface area (Å²) in [6, 6.07) is -0.856. The smallest absolute Gasteiger partial charge is 0.328 e. The van der Waals surface area contributed by atoms with Gasteiger partial charge in [-0.05, 0) is 87.5 Å². The molecule has 218 valence electrons. The van der Waals surface area contributed by atoms with Crippen molar-refractivity contribution in [1.82, 2.24) is 15.3 Å². The molecule has 0 bridgehead atoms. The first-order valence-electron chi connectivity index (χ1n) is 14.5. The summed E-state index contributed by atoms with van der Waals surface area (Å²) < 4.78 is 4.82. The molecule has 0 radical (unpaired) electrons. The zero-order valence-corrected chi connectivity index (χ0v) is 24.0. The Labute approximate surface area is 235 Å². The molecule has 3 fully saturated rings. The van der Waals surface area contributed by atoms with Gasteiger partial charge in [-0.15, -0.1) is 0 Å². The maximum Gasteiger partial charge on any atom is 0.328 e. The fourth-order valence-electron chi connectivity index (χ4n) is 8.60. The van der Waals surface area contributed by atoms with Gasteiger partial charge in [0.15, 0.2) is 12.4 Å². The lowest BCUT2D eigenvalue weighted by Gasteiger charge is -2.59. The highest BCUT2D eigenvalue weighted by atomic mass is 16.6. The predicted octanol–water partition coefficient (Wildman–Crippen LogP) is 3.27. The minimum atomic E-state index is -1.19. The average Bonchev–Trinajstić information content (AvgIpc) is 3.54. The van der Waals surface area contributed by atoms with Crippen LogP contribution in [0.2, 0.25) is 0 Å². The Bertz CT molecular complexity index is 1210. The molecule has 5 rings (SSSR count). The topological polar surface area (TPSA) is 143 Å². The third-order valence-electron chi connectivity index (χ3n) is 10.9. The predicted molar refractivity (Wildman–Crippen MR) is 147 cm³/mol. The third-order valence-corrected chi connectivity index (χ3v) is 10.9. The Kier molecular flexibility index (Phi) is 7.67. The molecule has 0 aliphatic heterocycles. The number of allylic oxidation sites excluding steroid dienone is 2. The van der Waals surface area contributed by atoms with E-state index < -0.39 is 23.5 Å². The van der Waals surface area contributed by atoms with E-state index in [2.05, 4.69) is 40.4 Å². The number of hydrogen-bond acceptors (Lipinski definition) is 8. The van der Waals surface area contributed by atoms with Crippen LogP contribution in [0, 0.1) is 28.6 Å². The molecule has 10 heteroatoms. The second-order valence-electron chi connectivity index (χ2n) is 12.7. The maximum atomic E-state index is 12.5. The van der Waals surface area contributed by atoms with Gasteiger partial charge in [-0.25, -0.2) is 9.78 Å². The van der Waals surface area contributed by atoms with Gasteiger partial charge in [0.1, 0.15) is 11.6 Å². The van der Waals surface area contributed by atoms with Crippen LogP contribution >= 0.6 is 0 Å². The molecule has 0 spiro atoms. The van der Waals surface area contributed by atoms with E-state index in [0.29, 0.717) is 29.9 Å². The number of carbonyl (C=O) groups excluding carboxylic acids is 3. The molecule has 7 atom stereocenters. The Morgan fingerprint density at radius 1 is 1.18 bits per heavy atom. The molecule has 1 aromatic rings. The number of esters is 1. The van der Waals surface area contributed by atoms with Crippen LogP contribution in [0.5, 0.6) is 0 Å². The van der Waals surface area contributed by atoms with Gasteiger partial charge in [-0.3, -0.25) is 9.59 Å². The van der Waals surface area contributed by atoms with Gasteiger partial charge in [0.25, 0.3) is 5.91 Å². The molecule has 4 aliphatic rings. The minimum absolute atomic E-state index is 0.0674. The SMILES string of the molecule is COC(=O)[C@@H](Cc1cnc[nH]1)NC(=O)CO/N=C1\C=C2CC[C@@H]3[C@H](CC[C@@]4(C)[C@H]3CC[C@]4(O)C(C)=O)[C@@]2(C)CC1. The van der Waals surface area contributed by atoms with Crippen molar-refractivity contribution in [3.63, 3.8) is 0 Å². The van der Waals surface area contributed by atoms with Gasteiger partial charge in [-0.1, -0.05) is 24.6 Å². The number of oxime groups is 1. The standard InChI is InChI=1S/C30H42N4O6/c1-18(35)30(38)12-9-24-22-6-5-19-13-20(7-10-28(19,2)23(22)8-11-29(24,30)3)34-40-16-26(36)33-25(27(37)39-4)14-21-15-31-17-32-21/h13,15,17,22-25,38H,5-12,14,16H2,1-4H3,(H,31,32)(H,33,36)/b34-20-/t22-,23+,24+,25-,28+,29+,30+/m1/s1. The van der Waals surface area contributed by atoms with E-state index in [9.17, 15) is 19.5 Å². The summed E-state index contributed by atoms with van der Waals surface area (Å²) in [5.41, 5.74) is 1.46. The van der Waals surface area contributed by atoms with Crippen LogP contribution in [-0.2, 0) is 30.4 Å². The van der Waals surface area contributed by atoms with Gasteiger partial charge >= 0.3 is 5.97 Å². The van der Waals surface area contributed by atoms with Crippen LogP contribution in [-0.4, -0.2) is 63.8 Å². The fourth-order valence-corrected chi connectivity index (χ4v) is 8.60. The van der Waals surface area contributed by atoms with E-state index in [1.165, 1.54) is 19.0 Å². The molecule has 0 unspecified atom stereocenters. The number of carbonyl (C=O) groups is 3. The Morgan fingerprint density at radius 3 is 2.65 bits per heavy atom. The molecule has 0 aromatic carbocycles. The second-order valence-corrected chi connectivity index (χ2v) is 12.7. The summed E-state index contributed by atoms with van der Waals surface area (Å²) in [6.45, 7) is 5.78. The molecule has 3 saturated carbocycles. The van der Waals surface area contributed by atoms with Crippen molar-refractivity contribution in [2.24, 2.45) is 33.7 Å². The van der Waals surface area contributed by atoms with Crippen LogP contribution in [0.15, 0.2) is 29.3 Å². The van der Waals surface area contributed by atoms with Crippen LogP contribution in [0.4, 0.5) is 0 Å². The van der Waals surface area contributed by atoms with Crippen LogP contribution in [0.25, 0.3) is 0 Å². The van der Waals surface area contributed by atoms with Crippen molar-refractivity contribution in [1.29, 1.82) is 0 Å². The molecule has 3 N–H and O–H groups in total. The van der Waals surface area contributed by atoms with Crippen molar-refractivity contribution in [3.8, 4) is 0 Å². The lowest BCUT2D eigenvalue weighted by molar-refractivity contribution is -0.159. The number of rotatable bonds is 8. The molecule has 4 aliphatic carbocycles. The number of nitrogens with one attached hydrogen (secondary N) is 2. The van der Waals surface area contributed by atoms with Crippen LogP contribution in [0.3, 0.4) is 0 Å². The number of aromatic nitrogens is 2. The first-order chi connectivity index (χ1) is 19.0. The third kappa shape index (κ3) is 4.78. The highest BCUT2D eigenvalue weighted by Crippen LogP contribution is 2.67. The molecule has 1 heterocycles. The summed E-state index contributed by atoms with van der Waals surface area (Å²) in [5, 5.41) is 18.3. The van der Waals surface area contributed by atoms with E-state index in [1.807, 2.05) is 0 Å². The number of Topliss-reactive ketones (excluding diaryl/α,β-unsaturated/α-hetero) is 1. The molecular weight excluding hydrogens is 512 g/mol. The number of nitrogens with zero attached hydrogens (tertiary/aromatic N) is 2. The van der Waals surface area contributed by atoms with Crippen molar-refractivity contribution >= 4 is 23.4 Å². The highest BCUT2D eigenvalue weighted by Gasteiger charge is 2.65. The van der Waals surface area contributed by atoms with Crippen molar-refractivity contribution in [3.05, 3.63) is 29.9 Å². The van der Waals surface area contributed by atoms with Gasteiger partial charge < -0.3 is 25.0 Å². The largest absolute Gasteiger partial charge is 0.467 e. The van der Waals surface area contributed by atoms with Gasteiger partial charge in [0.05, 0.1) is 19.1 Å². The van der Waals surface area contributed by atoms with E-state index in [-0.39, 0.29) is 29.6 Å². The average molecular weight is 555 g/mol. The summed E-state index contributed by atoms with van der Waals surface area (Å²) >= 11 is 0. The molecule has 0 saturated heterocycles. The van der Waals surface area contributed by atoms with E-state index in [0.717, 1.165) is 50.7 Å². The van der Waals surface area contributed by atoms with Crippen molar-refractivity contribution in [2.45, 2.75) is 90.2 Å². The Balaban J connectivity index is 1.21. The van der Waals surface area contributed by atoms with Gasteiger partial charge in [-0.2, -0.15) is 0 Å². The number of amides is 1. The number of ketones is 1. The zero-order chi connectivity index (χ0) is 28.7. The molecule has 1 amide bonds. The van der Waals surface area contributed by atoms with Crippen molar-refractivity contribution < 1.29 is 29.1 Å². The van der Waals surface area contributed by atoms with Crippen LogP contribution < -0.4 is 5.32 Å². The summed E-state index contributed by atoms with van der Waals surface area (Å²) in [6.07, 6.45) is 12.6. The fraction of sp³-hybridized carbons (Fsp3) is 0.700. The van der Waals surface area contributed by atoms with Gasteiger partial charge in [0, 0.05) is 23.7 Å². The number of H-pyrrole nitrogens is 1. The quantitative estimate of drug-likeness (QED) is 0.331. The maximum absolute atomic E-state index is 12.5. The Morgan fingerprint density at radius 2 is 1.95 bits per heavy atom. The van der Waals surface area contributed by atoms with Crippen LogP contribution in [0.1, 0.15) is 77.8 Å². The first kappa shape index (κ1) is 28.5. The minimum Gasteiger partial charge on any atom is -0.467 e. The number of ether oxygens (including phenoxy) is 1. The van der Waals surface area contributed by atoms with E-state index >= 15 is 0 Å².